The first-order chi connectivity index (χ1) is 18.8. The molecule has 0 aliphatic rings. The number of pyridine rings is 1. The topological polar surface area (TPSA) is 53.4 Å². The summed E-state index contributed by atoms with van der Waals surface area (Å²) in [6.07, 6.45) is -8.12. The number of hydrogen-bond acceptors (Lipinski definition) is 4. The smallest absolute Gasteiger partial charge is 0.396 e. The van der Waals surface area contributed by atoms with Crippen LogP contribution in [0, 0.1) is 6.92 Å². The molecule has 40 heavy (non-hydrogen) atoms. The van der Waals surface area contributed by atoms with Crippen molar-refractivity contribution in [2.75, 3.05) is 13.7 Å². The van der Waals surface area contributed by atoms with E-state index in [2.05, 4.69) is 4.98 Å². The molecule has 210 valence electrons. The van der Waals surface area contributed by atoms with Crippen molar-refractivity contribution in [2.24, 2.45) is 0 Å². The lowest BCUT2D eigenvalue weighted by Gasteiger charge is -2.21. The van der Waals surface area contributed by atoms with Crippen molar-refractivity contribution in [1.29, 1.82) is 0 Å². The number of hydrogen-bond donors (Lipinski definition) is 1. The minimum atomic E-state index is -4.99. The second-order valence-corrected chi connectivity index (χ2v) is 10.4. The van der Waals surface area contributed by atoms with E-state index in [9.17, 15) is 36.2 Å². The maximum Gasteiger partial charge on any atom is 0.416 e. The summed E-state index contributed by atoms with van der Waals surface area (Å²) < 4.78 is 80.0. The lowest BCUT2D eigenvalue weighted by atomic mass is 9.95. The van der Waals surface area contributed by atoms with Gasteiger partial charge in [-0.1, -0.05) is 24.3 Å². The van der Waals surface area contributed by atoms with E-state index < -0.39 is 35.9 Å². The molecule has 0 aliphatic carbocycles. The molecule has 4 nitrogen and oxygen atoms in total. The number of halogens is 6. The molecule has 0 bridgehead atoms. The van der Waals surface area contributed by atoms with Gasteiger partial charge in [0.2, 0.25) is 0 Å². The molecule has 0 saturated carbocycles. The van der Waals surface area contributed by atoms with Crippen molar-refractivity contribution in [3.63, 3.8) is 0 Å². The first-order valence-corrected chi connectivity index (χ1v) is 12.9. The highest BCUT2D eigenvalue weighted by atomic mass is 32.1. The van der Waals surface area contributed by atoms with Crippen LogP contribution in [0.1, 0.15) is 37.5 Å². The van der Waals surface area contributed by atoms with E-state index in [4.69, 9.17) is 0 Å². The van der Waals surface area contributed by atoms with E-state index in [-0.39, 0.29) is 23.8 Å². The Morgan fingerprint density at radius 2 is 1.57 bits per heavy atom. The van der Waals surface area contributed by atoms with E-state index in [0.29, 0.717) is 29.8 Å². The molecule has 2 aromatic heterocycles. The molecular weight excluding hydrogens is 554 g/mol. The summed E-state index contributed by atoms with van der Waals surface area (Å²) in [6.45, 7) is 1.37. The van der Waals surface area contributed by atoms with Crippen LogP contribution in [-0.4, -0.2) is 34.6 Å². The predicted octanol–water partition coefficient (Wildman–Crippen LogP) is 7.63. The monoisotopic (exact) mass is 578 g/mol. The summed E-state index contributed by atoms with van der Waals surface area (Å²) in [7, 11) is 1.31. The molecule has 2 aromatic carbocycles. The maximum absolute atomic E-state index is 13.6. The van der Waals surface area contributed by atoms with E-state index in [1.165, 1.54) is 24.6 Å². The van der Waals surface area contributed by atoms with Gasteiger partial charge < -0.3 is 10.0 Å². The molecule has 4 aromatic rings. The summed E-state index contributed by atoms with van der Waals surface area (Å²) in [4.78, 5) is 20.9. The first-order valence-electron chi connectivity index (χ1n) is 12.1. The van der Waals surface area contributed by atoms with Crippen LogP contribution < -0.4 is 0 Å². The zero-order chi connectivity index (χ0) is 29.2. The number of benzene rings is 2. The van der Waals surface area contributed by atoms with E-state index in [0.717, 1.165) is 25.8 Å². The van der Waals surface area contributed by atoms with Gasteiger partial charge in [-0.05, 0) is 65.6 Å². The third kappa shape index (κ3) is 6.53. The lowest BCUT2D eigenvalue weighted by molar-refractivity contribution is -0.143. The maximum atomic E-state index is 13.6. The fourth-order valence-electron chi connectivity index (χ4n) is 4.28. The molecule has 2 heterocycles. The van der Waals surface area contributed by atoms with Crippen LogP contribution in [0.25, 0.3) is 21.7 Å². The number of amides is 1. The second-order valence-electron chi connectivity index (χ2n) is 9.24. The third-order valence-electron chi connectivity index (χ3n) is 6.26. The van der Waals surface area contributed by atoms with Gasteiger partial charge in [-0.3, -0.25) is 9.78 Å². The van der Waals surface area contributed by atoms with Gasteiger partial charge in [0, 0.05) is 37.7 Å². The highest BCUT2D eigenvalue weighted by molar-refractivity contribution is 7.15. The van der Waals surface area contributed by atoms with Crippen molar-refractivity contribution in [3.8, 4) is 21.7 Å². The predicted molar refractivity (Wildman–Crippen MR) is 141 cm³/mol. The van der Waals surface area contributed by atoms with Gasteiger partial charge in [0.25, 0.3) is 5.91 Å². The minimum absolute atomic E-state index is 0.00203. The Balaban J connectivity index is 1.73. The van der Waals surface area contributed by atoms with E-state index in [1.807, 2.05) is 37.3 Å². The standard InChI is InChI=1S/C29H24F6N2O2S/c1-17-5-3-4-6-22(17)23-14-25(26-8-7-21(40-26)9-10-38)36-15-24(23)27(39)37(2)16-18-11-19(28(30,31)32)13-20(12-18)29(33,34)35/h3-8,11-15,38H,9-10,16H2,1-2H3. The molecular formula is C29H24F6N2O2S. The zero-order valence-corrected chi connectivity index (χ0v) is 22.2. The number of nitrogens with zero attached hydrogens (tertiary/aromatic N) is 2. The number of carbonyl (C=O) groups excluding carboxylic acids is 1. The van der Waals surface area contributed by atoms with Gasteiger partial charge in [0.15, 0.2) is 0 Å². The normalized spacial score (nSPS) is 12.0. The Kier molecular flexibility index (Phi) is 8.36. The van der Waals surface area contributed by atoms with Crippen molar-refractivity contribution in [3.05, 3.63) is 99.6 Å². The number of alkyl halides is 6. The van der Waals surface area contributed by atoms with Gasteiger partial charge in [-0.2, -0.15) is 26.3 Å². The summed E-state index contributed by atoms with van der Waals surface area (Å²) >= 11 is 1.45. The fraction of sp³-hybridized carbons (Fsp3) is 0.241. The SMILES string of the molecule is Cc1ccccc1-c1cc(-c2ccc(CCO)s2)ncc1C(=O)N(C)Cc1cc(C(F)(F)F)cc(C(F)(F)F)c1. The minimum Gasteiger partial charge on any atom is -0.396 e. The quantitative estimate of drug-likeness (QED) is 0.230. The fourth-order valence-corrected chi connectivity index (χ4v) is 5.24. The molecule has 4 rings (SSSR count). The molecule has 0 fully saturated rings. The van der Waals surface area contributed by atoms with Crippen LogP contribution in [-0.2, 0) is 25.3 Å². The van der Waals surface area contributed by atoms with Gasteiger partial charge in [-0.15, -0.1) is 11.3 Å². The molecule has 0 spiro atoms. The summed E-state index contributed by atoms with van der Waals surface area (Å²) in [5, 5.41) is 9.23. The number of aryl methyl sites for hydroxylation is 1. The second kappa shape index (κ2) is 11.4. The molecule has 0 atom stereocenters. The van der Waals surface area contributed by atoms with E-state index >= 15 is 0 Å². The third-order valence-corrected chi connectivity index (χ3v) is 7.42. The Hall–Kier alpha value is -3.70. The van der Waals surface area contributed by atoms with Crippen molar-refractivity contribution in [1.82, 2.24) is 9.88 Å². The Bertz CT molecular complexity index is 1500. The van der Waals surface area contributed by atoms with Gasteiger partial charge in [-0.25, -0.2) is 0 Å². The highest BCUT2D eigenvalue weighted by Crippen LogP contribution is 2.37. The number of thiophene rings is 1. The zero-order valence-electron chi connectivity index (χ0n) is 21.4. The van der Waals surface area contributed by atoms with Gasteiger partial charge in [0.1, 0.15) is 0 Å². The van der Waals surface area contributed by atoms with Crippen molar-refractivity contribution >= 4 is 17.2 Å². The van der Waals surface area contributed by atoms with Crippen LogP contribution in [0.5, 0.6) is 0 Å². The highest BCUT2D eigenvalue weighted by Gasteiger charge is 2.37. The molecule has 1 N–H and O–H groups in total. The van der Waals surface area contributed by atoms with Crippen molar-refractivity contribution < 1.29 is 36.2 Å². The van der Waals surface area contributed by atoms with Gasteiger partial charge in [0.05, 0.1) is 27.3 Å². The molecule has 0 unspecified atom stereocenters. The lowest BCUT2D eigenvalue weighted by Crippen LogP contribution is -2.27. The van der Waals surface area contributed by atoms with Crippen molar-refractivity contribution in [2.45, 2.75) is 32.2 Å². The van der Waals surface area contributed by atoms with Gasteiger partial charge >= 0.3 is 12.4 Å². The molecule has 0 radical (unpaired) electrons. The average molecular weight is 579 g/mol. The summed E-state index contributed by atoms with van der Waals surface area (Å²) in [5.74, 6) is -0.615. The Morgan fingerprint density at radius 1 is 0.925 bits per heavy atom. The number of aromatic nitrogens is 1. The van der Waals surface area contributed by atoms with Crippen LogP contribution in [0.2, 0.25) is 0 Å². The number of carbonyl (C=O) groups is 1. The van der Waals surface area contributed by atoms with Crippen LogP contribution in [0.3, 0.4) is 0 Å². The molecule has 11 heteroatoms. The van der Waals surface area contributed by atoms with Crippen LogP contribution in [0.15, 0.2) is 66.9 Å². The Morgan fingerprint density at radius 3 is 2.17 bits per heavy atom. The van der Waals surface area contributed by atoms with E-state index in [1.54, 1.807) is 12.1 Å². The average Bonchev–Trinajstić information content (AvgIpc) is 3.36. The molecule has 0 aliphatic heterocycles. The summed E-state index contributed by atoms with van der Waals surface area (Å²) in [5.41, 5.74) is -0.352. The number of aliphatic hydroxyl groups excluding tert-OH is 1. The molecule has 1 amide bonds. The number of aliphatic hydroxyl groups is 1. The largest absolute Gasteiger partial charge is 0.416 e. The molecule has 0 saturated heterocycles. The summed E-state index contributed by atoms with van der Waals surface area (Å²) in [6, 6.07) is 14.1. The van der Waals surface area contributed by atoms with Crippen LogP contribution in [0.4, 0.5) is 26.3 Å². The number of rotatable bonds is 7. The first kappa shape index (κ1) is 29.3. The van der Waals surface area contributed by atoms with Crippen LogP contribution >= 0.6 is 11.3 Å². The Labute approximate surface area is 230 Å².